The van der Waals surface area contributed by atoms with Crippen molar-refractivity contribution in [3.05, 3.63) is 58.6 Å². The van der Waals surface area contributed by atoms with Crippen LogP contribution < -0.4 is 10.3 Å². The Kier molecular flexibility index (Phi) is 3.10. The molecule has 0 radical (unpaired) electrons. The molecule has 0 unspecified atom stereocenters. The number of ether oxygens (including phenoxy) is 1. The van der Waals surface area contributed by atoms with Crippen molar-refractivity contribution in [1.29, 1.82) is 0 Å². The molecule has 5 nitrogen and oxygen atoms in total. The van der Waals surface area contributed by atoms with Crippen molar-refractivity contribution >= 4 is 10.9 Å². The molecule has 0 aliphatic carbocycles. The molecule has 0 saturated heterocycles. The number of aromatic hydroxyl groups is 1. The first-order chi connectivity index (χ1) is 10.1. The van der Waals surface area contributed by atoms with E-state index in [-0.39, 0.29) is 11.3 Å². The molecule has 3 rings (SSSR count). The molecule has 0 aliphatic heterocycles. The average molecular weight is 282 g/mol. The lowest BCUT2D eigenvalue weighted by atomic mass is 10.2. The molecule has 0 fully saturated rings. The Hall–Kier alpha value is -2.82. The second-order valence-corrected chi connectivity index (χ2v) is 4.70. The highest BCUT2D eigenvalue weighted by atomic mass is 16.5. The van der Waals surface area contributed by atoms with Crippen LogP contribution in [0.3, 0.4) is 0 Å². The molecule has 0 spiro atoms. The van der Waals surface area contributed by atoms with E-state index in [9.17, 15) is 9.90 Å². The van der Waals surface area contributed by atoms with Gasteiger partial charge in [-0.1, -0.05) is 0 Å². The third-order valence-electron chi connectivity index (χ3n) is 3.35. The maximum absolute atomic E-state index is 12.6. The summed E-state index contributed by atoms with van der Waals surface area (Å²) in [5.41, 5.74) is 1.06. The Morgan fingerprint density at radius 3 is 2.52 bits per heavy atom. The monoisotopic (exact) mass is 282 g/mol. The molecular weight excluding hydrogens is 268 g/mol. The SMILES string of the molecule is COc1ccc(-n2c(C)nc3ccc(O)cc3c2=O)cc1. The fourth-order valence-corrected chi connectivity index (χ4v) is 2.32. The van der Waals surface area contributed by atoms with Crippen molar-refractivity contribution in [2.45, 2.75) is 6.92 Å². The molecule has 3 aromatic rings. The molecule has 2 aromatic carbocycles. The van der Waals surface area contributed by atoms with E-state index in [1.165, 1.54) is 16.7 Å². The molecule has 1 N–H and O–H groups in total. The Morgan fingerprint density at radius 1 is 1.14 bits per heavy atom. The molecule has 0 amide bonds. The zero-order valence-corrected chi connectivity index (χ0v) is 11.7. The molecule has 0 aliphatic rings. The zero-order chi connectivity index (χ0) is 15.0. The highest BCUT2D eigenvalue weighted by molar-refractivity contribution is 5.79. The first-order valence-corrected chi connectivity index (χ1v) is 6.47. The number of aryl methyl sites for hydroxylation is 1. The third-order valence-corrected chi connectivity index (χ3v) is 3.35. The minimum absolute atomic E-state index is 0.0477. The number of phenols is 1. The summed E-state index contributed by atoms with van der Waals surface area (Å²) in [6.45, 7) is 1.78. The van der Waals surface area contributed by atoms with Crippen LogP contribution in [-0.4, -0.2) is 21.8 Å². The van der Waals surface area contributed by atoms with E-state index in [1.807, 2.05) is 0 Å². The van der Waals surface area contributed by atoms with Gasteiger partial charge in [0.25, 0.3) is 5.56 Å². The lowest BCUT2D eigenvalue weighted by Gasteiger charge is -2.11. The fraction of sp³-hybridized carbons (Fsp3) is 0.125. The van der Waals surface area contributed by atoms with Crippen LogP contribution in [0.15, 0.2) is 47.3 Å². The topological polar surface area (TPSA) is 64.3 Å². The predicted octanol–water partition coefficient (Wildman–Crippen LogP) is 2.41. The molecule has 106 valence electrons. The van der Waals surface area contributed by atoms with Crippen molar-refractivity contribution in [3.8, 4) is 17.2 Å². The summed E-state index contributed by atoms with van der Waals surface area (Å²) >= 11 is 0. The van der Waals surface area contributed by atoms with Gasteiger partial charge in [-0.3, -0.25) is 9.36 Å². The number of aromatic nitrogens is 2. The highest BCUT2D eigenvalue weighted by Crippen LogP contribution is 2.19. The normalized spacial score (nSPS) is 10.8. The van der Waals surface area contributed by atoms with Gasteiger partial charge < -0.3 is 9.84 Å². The van der Waals surface area contributed by atoms with Gasteiger partial charge in [0.05, 0.1) is 23.7 Å². The molecule has 0 saturated carbocycles. The van der Waals surface area contributed by atoms with E-state index in [0.717, 1.165) is 5.75 Å². The van der Waals surface area contributed by atoms with Crippen LogP contribution in [0.25, 0.3) is 16.6 Å². The van der Waals surface area contributed by atoms with E-state index in [0.29, 0.717) is 22.4 Å². The van der Waals surface area contributed by atoms with Gasteiger partial charge in [-0.25, -0.2) is 4.98 Å². The van der Waals surface area contributed by atoms with Crippen molar-refractivity contribution < 1.29 is 9.84 Å². The number of fused-ring (bicyclic) bond motifs is 1. The Labute approximate surface area is 121 Å². The maximum atomic E-state index is 12.6. The number of hydrogen-bond donors (Lipinski definition) is 1. The molecule has 1 heterocycles. The van der Waals surface area contributed by atoms with Gasteiger partial charge in [0.15, 0.2) is 0 Å². The summed E-state index contributed by atoms with van der Waals surface area (Å²) in [7, 11) is 1.59. The first kappa shape index (κ1) is 13.2. The smallest absolute Gasteiger partial charge is 0.266 e. The summed E-state index contributed by atoms with van der Waals surface area (Å²) in [6, 6.07) is 11.8. The van der Waals surface area contributed by atoms with Gasteiger partial charge in [0.2, 0.25) is 0 Å². The van der Waals surface area contributed by atoms with E-state index in [1.54, 1.807) is 44.4 Å². The molecule has 1 aromatic heterocycles. The number of phenolic OH excluding ortho intramolecular Hbond substituents is 1. The van der Waals surface area contributed by atoms with Gasteiger partial charge in [0, 0.05) is 0 Å². The summed E-state index contributed by atoms with van der Waals surface area (Å²) in [6.07, 6.45) is 0. The number of nitrogens with zero attached hydrogens (tertiary/aromatic N) is 2. The Bertz CT molecular complexity index is 867. The minimum atomic E-state index is -0.210. The minimum Gasteiger partial charge on any atom is -0.508 e. The summed E-state index contributed by atoms with van der Waals surface area (Å²) in [5, 5.41) is 9.95. The lowest BCUT2D eigenvalue weighted by Crippen LogP contribution is -2.22. The van der Waals surface area contributed by atoms with Crippen molar-refractivity contribution in [3.63, 3.8) is 0 Å². The van der Waals surface area contributed by atoms with Crippen LogP contribution in [0.5, 0.6) is 11.5 Å². The van der Waals surface area contributed by atoms with Crippen molar-refractivity contribution in [2.24, 2.45) is 0 Å². The molecule has 5 heteroatoms. The molecule has 21 heavy (non-hydrogen) atoms. The lowest BCUT2D eigenvalue weighted by molar-refractivity contribution is 0.414. The molecule has 0 bridgehead atoms. The average Bonchev–Trinajstić information content (AvgIpc) is 2.49. The van der Waals surface area contributed by atoms with Crippen LogP contribution in [0.1, 0.15) is 5.82 Å². The second kappa shape index (κ2) is 4.94. The van der Waals surface area contributed by atoms with Crippen LogP contribution >= 0.6 is 0 Å². The first-order valence-electron chi connectivity index (χ1n) is 6.47. The highest BCUT2D eigenvalue weighted by Gasteiger charge is 2.10. The fourth-order valence-electron chi connectivity index (χ4n) is 2.32. The second-order valence-electron chi connectivity index (χ2n) is 4.70. The van der Waals surface area contributed by atoms with E-state index in [4.69, 9.17) is 4.74 Å². The van der Waals surface area contributed by atoms with Gasteiger partial charge in [0.1, 0.15) is 17.3 Å². The van der Waals surface area contributed by atoms with Crippen LogP contribution in [0.2, 0.25) is 0 Å². The standard InChI is InChI=1S/C16H14N2O3/c1-10-17-15-8-5-12(19)9-14(15)16(20)18(10)11-3-6-13(21-2)7-4-11/h3-9,19H,1-2H3. The molecular formula is C16H14N2O3. The third kappa shape index (κ3) is 2.23. The van der Waals surface area contributed by atoms with Crippen LogP contribution in [-0.2, 0) is 0 Å². The van der Waals surface area contributed by atoms with Gasteiger partial charge in [-0.05, 0) is 49.4 Å². The zero-order valence-electron chi connectivity index (χ0n) is 11.7. The van der Waals surface area contributed by atoms with E-state index < -0.39 is 0 Å². The maximum Gasteiger partial charge on any atom is 0.266 e. The van der Waals surface area contributed by atoms with E-state index in [2.05, 4.69) is 4.98 Å². The van der Waals surface area contributed by atoms with E-state index >= 15 is 0 Å². The summed E-state index contributed by atoms with van der Waals surface area (Å²) in [5.74, 6) is 1.35. The quantitative estimate of drug-likeness (QED) is 0.784. The van der Waals surface area contributed by atoms with Crippen LogP contribution in [0.4, 0.5) is 0 Å². The summed E-state index contributed by atoms with van der Waals surface area (Å²) < 4.78 is 6.63. The Balaban J connectivity index is 2.28. The number of methoxy groups -OCH3 is 1. The number of benzene rings is 2. The number of rotatable bonds is 2. The summed E-state index contributed by atoms with van der Waals surface area (Å²) in [4.78, 5) is 17.1. The van der Waals surface area contributed by atoms with Gasteiger partial charge in [-0.15, -0.1) is 0 Å². The van der Waals surface area contributed by atoms with Crippen molar-refractivity contribution in [2.75, 3.05) is 7.11 Å². The largest absolute Gasteiger partial charge is 0.508 e. The van der Waals surface area contributed by atoms with Crippen LogP contribution in [0, 0.1) is 6.92 Å². The van der Waals surface area contributed by atoms with Crippen molar-refractivity contribution in [1.82, 2.24) is 9.55 Å². The molecule has 0 atom stereocenters. The van der Waals surface area contributed by atoms with Gasteiger partial charge >= 0.3 is 0 Å². The van der Waals surface area contributed by atoms with Gasteiger partial charge in [-0.2, -0.15) is 0 Å². The predicted molar refractivity (Wildman–Crippen MR) is 80.3 cm³/mol. The Morgan fingerprint density at radius 2 is 1.86 bits per heavy atom. The number of hydrogen-bond acceptors (Lipinski definition) is 4.